The third kappa shape index (κ3) is 1.84. The molecule has 0 amide bonds. The highest BCUT2D eigenvalue weighted by Gasteiger charge is 2.10. The summed E-state index contributed by atoms with van der Waals surface area (Å²) in [6.07, 6.45) is 1.54. The van der Waals surface area contributed by atoms with Crippen LogP contribution in [0, 0.1) is 0 Å². The lowest BCUT2D eigenvalue weighted by Crippen LogP contribution is -2.00. The predicted octanol–water partition coefficient (Wildman–Crippen LogP) is 1.35. The molecule has 6 nitrogen and oxygen atoms in total. The van der Waals surface area contributed by atoms with Gasteiger partial charge in [-0.05, 0) is 0 Å². The number of fused-ring (bicyclic) bond motifs is 1. The molecule has 0 saturated carbocycles. The Bertz CT molecular complexity index is 668. The van der Waals surface area contributed by atoms with Gasteiger partial charge < -0.3 is 5.11 Å². The maximum atomic E-state index is 10.6. The molecule has 6 heteroatoms. The first-order valence-electron chi connectivity index (χ1n) is 5.43. The van der Waals surface area contributed by atoms with Gasteiger partial charge in [-0.25, -0.2) is 9.50 Å². The molecule has 0 atom stereocenters. The van der Waals surface area contributed by atoms with Crippen LogP contribution in [0.2, 0.25) is 0 Å². The van der Waals surface area contributed by atoms with E-state index in [1.165, 1.54) is 0 Å². The van der Waals surface area contributed by atoms with Crippen molar-refractivity contribution in [2.24, 2.45) is 0 Å². The van der Waals surface area contributed by atoms with E-state index < -0.39 is 5.97 Å². The Hall–Kier alpha value is -2.63. The molecule has 0 aliphatic carbocycles. The molecule has 0 unspecified atom stereocenters. The second kappa shape index (κ2) is 3.99. The fourth-order valence-electron chi connectivity index (χ4n) is 1.78. The Kier molecular flexibility index (Phi) is 2.33. The molecule has 3 aromatic rings. The van der Waals surface area contributed by atoms with Crippen molar-refractivity contribution in [3.05, 3.63) is 42.2 Å². The summed E-state index contributed by atoms with van der Waals surface area (Å²) in [5.74, 6) is 0.282. The van der Waals surface area contributed by atoms with Gasteiger partial charge in [0.25, 0.3) is 5.78 Å². The maximum Gasteiger partial charge on any atom is 0.309 e. The Morgan fingerprint density at radius 2 is 2.06 bits per heavy atom. The largest absolute Gasteiger partial charge is 0.481 e. The number of imidazole rings is 1. The number of nitrogens with zero attached hydrogens (tertiary/aromatic N) is 3. The van der Waals surface area contributed by atoms with Gasteiger partial charge in [0, 0.05) is 5.56 Å². The smallest absolute Gasteiger partial charge is 0.309 e. The molecule has 1 aromatic carbocycles. The highest BCUT2D eigenvalue weighted by molar-refractivity contribution is 5.69. The molecule has 0 bridgehead atoms. The monoisotopic (exact) mass is 242 g/mol. The molecule has 90 valence electrons. The van der Waals surface area contributed by atoms with Gasteiger partial charge in [-0.15, -0.1) is 0 Å². The van der Waals surface area contributed by atoms with E-state index in [0.717, 1.165) is 5.56 Å². The Morgan fingerprint density at radius 1 is 1.28 bits per heavy atom. The van der Waals surface area contributed by atoms with Crippen LogP contribution in [0.4, 0.5) is 0 Å². The summed E-state index contributed by atoms with van der Waals surface area (Å²) in [5, 5.41) is 11.7. The topological polar surface area (TPSA) is 83.3 Å². The summed E-state index contributed by atoms with van der Waals surface area (Å²) in [7, 11) is 0. The third-order valence-corrected chi connectivity index (χ3v) is 2.55. The molecule has 2 aromatic heterocycles. The van der Waals surface area contributed by atoms with Crippen molar-refractivity contribution in [2.45, 2.75) is 6.42 Å². The molecular weight excluding hydrogens is 232 g/mol. The zero-order valence-electron chi connectivity index (χ0n) is 9.37. The average molecular weight is 242 g/mol. The number of rotatable bonds is 3. The molecule has 18 heavy (non-hydrogen) atoms. The van der Waals surface area contributed by atoms with Gasteiger partial charge in [-0.3, -0.25) is 9.89 Å². The number of aliphatic carboxylic acids is 1. The molecule has 3 rings (SSSR count). The van der Waals surface area contributed by atoms with Crippen molar-refractivity contribution in [1.82, 2.24) is 19.6 Å². The average Bonchev–Trinajstić information content (AvgIpc) is 2.87. The van der Waals surface area contributed by atoms with Gasteiger partial charge in [0.15, 0.2) is 5.82 Å². The second-order valence-electron chi connectivity index (χ2n) is 3.91. The van der Waals surface area contributed by atoms with Crippen LogP contribution in [-0.2, 0) is 11.2 Å². The zero-order valence-corrected chi connectivity index (χ0v) is 9.37. The van der Waals surface area contributed by atoms with Crippen LogP contribution in [0.3, 0.4) is 0 Å². The molecule has 0 aliphatic rings. The number of hydrogen-bond acceptors (Lipinski definition) is 3. The number of benzene rings is 1. The molecular formula is C12H10N4O2. The third-order valence-electron chi connectivity index (χ3n) is 2.55. The lowest BCUT2D eigenvalue weighted by molar-refractivity contribution is -0.136. The van der Waals surface area contributed by atoms with E-state index in [2.05, 4.69) is 15.1 Å². The first-order valence-corrected chi connectivity index (χ1v) is 5.43. The standard InChI is InChI=1S/C12H10N4O2/c17-10(18)6-9-7-16-12(13-9)14-11(15-16)8-4-2-1-3-5-8/h1-5,7H,6H2,(H,17,18)(H,13,14,15). The van der Waals surface area contributed by atoms with Gasteiger partial charge >= 0.3 is 5.97 Å². The first-order chi connectivity index (χ1) is 8.72. The van der Waals surface area contributed by atoms with Gasteiger partial charge in [0.05, 0.1) is 18.3 Å². The minimum absolute atomic E-state index is 0.0993. The van der Waals surface area contributed by atoms with Crippen LogP contribution in [0.15, 0.2) is 36.5 Å². The lowest BCUT2D eigenvalue weighted by atomic mass is 10.2. The molecule has 0 radical (unpaired) electrons. The number of carboxylic acid groups (broad SMARTS) is 1. The fourth-order valence-corrected chi connectivity index (χ4v) is 1.78. The van der Waals surface area contributed by atoms with Gasteiger partial charge in [-0.2, -0.15) is 4.98 Å². The fraction of sp³-hybridized carbons (Fsp3) is 0.0833. The van der Waals surface area contributed by atoms with Crippen LogP contribution in [0.25, 0.3) is 17.2 Å². The molecule has 0 fully saturated rings. The van der Waals surface area contributed by atoms with Crippen LogP contribution in [0.1, 0.15) is 5.69 Å². The van der Waals surface area contributed by atoms with Gasteiger partial charge in [0.2, 0.25) is 0 Å². The van der Waals surface area contributed by atoms with E-state index in [0.29, 0.717) is 17.3 Å². The molecule has 0 aliphatic heterocycles. The number of aromatic nitrogens is 4. The number of carbonyl (C=O) groups is 1. The van der Waals surface area contributed by atoms with Crippen LogP contribution >= 0.6 is 0 Å². The van der Waals surface area contributed by atoms with E-state index in [-0.39, 0.29) is 6.42 Å². The van der Waals surface area contributed by atoms with E-state index in [9.17, 15) is 4.79 Å². The van der Waals surface area contributed by atoms with Gasteiger partial charge in [-0.1, -0.05) is 30.3 Å². The van der Waals surface area contributed by atoms with E-state index in [1.54, 1.807) is 10.7 Å². The second-order valence-corrected chi connectivity index (χ2v) is 3.91. The minimum atomic E-state index is -0.904. The number of aromatic amines is 1. The van der Waals surface area contributed by atoms with Crippen molar-refractivity contribution in [3.63, 3.8) is 0 Å². The number of hydrogen-bond donors (Lipinski definition) is 2. The van der Waals surface area contributed by atoms with E-state index in [1.807, 2.05) is 30.3 Å². The summed E-state index contributed by atoms with van der Waals surface area (Å²) in [6, 6.07) is 9.67. The number of nitrogens with one attached hydrogen (secondary N) is 1. The highest BCUT2D eigenvalue weighted by Crippen LogP contribution is 2.15. The predicted molar refractivity (Wildman–Crippen MR) is 64.1 cm³/mol. The maximum absolute atomic E-state index is 10.6. The molecule has 0 saturated heterocycles. The van der Waals surface area contributed by atoms with E-state index in [4.69, 9.17) is 5.11 Å². The SMILES string of the molecule is O=C(O)Cc1cn2[nH]c(-c3ccccc3)nc2n1. The van der Waals surface area contributed by atoms with Crippen molar-refractivity contribution >= 4 is 11.7 Å². The summed E-state index contributed by atoms with van der Waals surface area (Å²) < 4.78 is 1.63. The zero-order chi connectivity index (χ0) is 12.5. The van der Waals surface area contributed by atoms with Gasteiger partial charge in [0.1, 0.15) is 0 Å². The van der Waals surface area contributed by atoms with E-state index >= 15 is 0 Å². The van der Waals surface area contributed by atoms with Crippen LogP contribution < -0.4 is 0 Å². The summed E-state index contributed by atoms with van der Waals surface area (Å²) >= 11 is 0. The highest BCUT2D eigenvalue weighted by atomic mass is 16.4. The normalized spacial score (nSPS) is 10.9. The van der Waals surface area contributed by atoms with Crippen molar-refractivity contribution in [3.8, 4) is 11.4 Å². The molecule has 2 N–H and O–H groups in total. The Labute approximate surface area is 102 Å². The molecule has 2 heterocycles. The Morgan fingerprint density at radius 3 is 2.72 bits per heavy atom. The molecule has 0 spiro atoms. The Balaban J connectivity index is 1.98. The lowest BCUT2D eigenvalue weighted by Gasteiger charge is -1.93. The quantitative estimate of drug-likeness (QED) is 0.726. The summed E-state index contributed by atoms with van der Waals surface area (Å²) in [6.45, 7) is 0. The van der Waals surface area contributed by atoms with Crippen molar-refractivity contribution in [2.75, 3.05) is 0 Å². The minimum Gasteiger partial charge on any atom is -0.481 e. The number of carboxylic acids is 1. The first kappa shape index (κ1) is 10.5. The van der Waals surface area contributed by atoms with Crippen LogP contribution in [0.5, 0.6) is 0 Å². The summed E-state index contributed by atoms with van der Waals surface area (Å²) in [4.78, 5) is 19.0. The number of H-pyrrole nitrogens is 1. The van der Waals surface area contributed by atoms with Crippen molar-refractivity contribution in [1.29, 1.82) is 0 Å². The van der Waals surface area contributed by atoms with Crippen molar-refractivity contribution < 1.29 is 9.90 Å². The van der Waals surface area contributed by atoms with Crippen LogP contribution in [-0.4, -0.2) is 30.7 Å². The summed E-state index contributed by atoms with van der Waals surface area (Å²) in [5.41, 5.74) is 1.45.